The van der Waals surface area contributed by atoms with Gasteiger partial charge in [0.15, 0.2) is 5.84 Å². The first-order chi connectivity index (χ1) is 7.39. The highest BCUT2D eigenvalue weighted by atomic mass is 79.9. The predicted molar refractivity (Wildman–Crippen MR) is 65.2 cm³/mol. The van der Waals surface area contributed by atoms with Crippen LogP contribution in [0, 0.1) is 0 Å². The van der Waals surface area contributed by atoms with Crippen LogP contribution in [0.3, 0.4) is 0 Å². The first-order valence-corrected chi connectivity index (χ1v) is 7.16. The van der Waals surface area contributed by atoms with Crippen molar-refractivity contribution >= 4 is 43.1 Å². The van der Waals surface area contributed by atoms with Gasteiger partial charge in [-0.25, -0.2) is 8.42 Å². The van der Waals surface area contributed by atoms with Crippen molar-refractivity contribution in [2.75, 3.05) is 13.6 Å². The van der Waals surface area contributed by atoms with E-state index in [1.54, 1.807) is 11.4 Å². The second kappa shape index (κ2) is 5.13. The molecule has 9 heteroatoms. The molecular weight excluding hydrogens is 318 g/mol. The van der Waals surface area contributed by atoms with Crippen LogP contribution in [0.25, 0.3) is 0 Å². The lowest BCUT2D eigenvalue weighted by Gasteiger charge is -2.15. The standard InChI is InChI=1S/C7H10BrN3O3S2/c1-11(4-6(9)10-12)16(13,14)7-5(8)2-3-15-7/h2-3,12H,4H2,1H3,(H2,9,10). The molecule has 0 radical (unpaired) electrons. The van der Waals surface area contributed by atoms with Gasteiger partial charge in [-0.2, -0.15) is 4.31 Å². The predicted octanol–water partition coefficient (Wildman–Crippen LogP) is 0.877. The third kappa shape index (κ3) is 2.73. The van der Waals surface area contributed by atoms with E-state index >= 15 is 0 Å². The summed E-state index contributed by atoms with van der Waals surface area (Å²) in [5.41, 5.74) is 5.25. The molecule has 0 saturated carbocycles. The number of amidine groups is 1. The van der Waals surface area contributed by atoms with E-state index in [0.717, 1.165) is 15.6 Å². The highest BCUT2D eigenvalue weighted by Crippen LogP contribution is 2.29. The first kappa shape index (κ1) is 13.4. The van der Waals surface area contributed by atoms with E-state index in [4.69, 9.17) is 10.9 Å². The number of nitrogens with two attached hydrogens (primary N) is 1. The van der Waals surface area contributed by atoms with E-state index in [-0.39, 0.29) is 16.6 Å². The zero-order valence-corrected chi connectivity index (χ0v) is 11.5. The van der Waals surface area contributed by atoms with Crippen molar-refractivity contribution < 1.29 is 13.6 Å². The molecule has 0 atom stereocenters. The molecule has 1 aromatic heterocycles. The topological polar surface area (TPSA) is 96.0 Å². The highest BCUT2D eigenvalue weighted by Gasteiger charge is 2.25. The monoisotopic (exact) mass is 327 g/mol. The van der Waals surface area contributed by atoms with Crippen molar-refractivity contribution in [3.8, 4) is 0 Å². The van der Waals surface area contributed by atoms with E-state index in [2.05, 4.69) is 21.1 Å². The minimum atomic E-state index is -3.60. The molecule has 0 aliphatic carbocycles. The molecule has 0 aromatic carbocycles. The molecule has 3 N–H and O–H groups in total. The summed E-state index contributed by atoms with van der Waals surface area (Å²) in [5.74, 6) is -0.168. The Morgan fingerprint density at radius 1 is 1.75 bits per heavy atom. The maximum absolute atomic E-state index is 12.0. The molecule has 1 aromatic rings. The second-order valence-corrected chi connectivity index (χ2v) is 6.92. The molecule has 0 bridgehead atoms. The van der Waals surface area contributed by atoms with E-state index in [1.165, 1.54) is 7.05 Å². The van der Waals surface area contributed by atoms with Gasteiger partial charge in [-0.3, -0.25) is 0 Å². The summed E-state index contributed by atoms with van der Waals surface area (Å²) in [6.07, 6.45) is 0. The smallest absolute Gasteiger partial charge is 0.253 e. The Hall–Kier alpha value is -0.640. The number of thiophene rings is 1. The summed E-state index contributed by atoms with van der Waals surface area (Å²) in [6.45, 7) is -0.164. The fourth-order valence-corrected chi connectivity index (χ4v) is 4.59. The molecule has 0 fully saturated rings. The Morgan fingerprint density at radius 3 is 2.81 bits per heavy atom. The SMILES string of the molecule is CN(CC(N)=NO)S(=O)(=O)c1sccc1Br. The Bertz CT molecular complexity index is 497. The van der Waals surface area contributed by atoms with Crippen LogP contribution in [0.1, 0.15) is 0 Å². The van der Waals surface area contributed by atoms with Crippen molar-refractivity contribution in [2.24, 2.45) is 10.9 Å². The van der Waals surface area contributed by atoms with Crippen LogP contribution >= 0.6 is 27.3 Å². The quantitative estimate of drug-likeness (QED) is 0.371. The lowest BCUT2D eigenvalue weighted by atomic mass is 10.6. The van der Waals surface area contributed by atoms with E-state index in [1.807, 2.05) is 0 Å². The Balaban J connectivity index is 3.00. The molecular formula is C7H10BrN3O3S2. The van der Waals surface area contributed by atoms with Gasteiger partial charge in [-0.05, 0) is 27.4 Å². The molecule has 16 heavy (non-hydrogen) atoms. The van der Waals surface area contributed by atoms with Gasteiger partial charge in [0.2, 0.25) is 0 Å². The van der Waals surface area contributed by atoms with Gasteiger partial charge in [-0.15, -0.1) is 11.3 Å². The molecule has 90 valence electrons. The van der Waals surface area contributed by atoms with Gasteiger partial charge < -0.3 is 10.9 Å². The number of hydrogen-bond donors (Lipinski definition) is 2. The Kier molecular flexibility index (Phi) is 4.30. The molecule has 0 unspecified atom stereocenters. The number of hydrogen-bond acceptors (Lipinski definition) is 5. The zero-order valence-electron chi connectivity index (χ0n) is 8.29. The number of rotatable bonds is 4. The zero-order chi connectivity index (χ0) is 12.3. The number of oxime groups is 1. The Labute approximate surface area is 106 Å². The van der Waals surface area contributed by atoms with Gasteiger partial charge in [-0.1, -0.05) is 5.16 Å². The molecule has 0 aliphatic heterocycles. The van der Waals surface area contributed by atoms with Crippen LogP contribution in [0.15, 0.2) is 25.3 Å². The average molecular weight is 328 g/mol. The van der Waals surface area contributed by atoms with Crippen molar-refractivity contribution in [2.45, 2.75) is 4.21 Å². The summed E-state index contributed by atoms with van der Waals surface area (Å²) in [6, 6.07) is 1.65. The maximum Gasteiger partial charge on any atom is 0.253 e. The molecule has 6 nitrogen and oxygen atoms in total. The largest absolute Gasteiger partial charge is 0.409 e. The van der Waals surface area contributed by atoms with Gasteiger partial charge in [0.05, 0.1) is 6.54 Å². The Morgan fingerprint density at radius 2 is 2.38 bits per heavy atom. The van der Waals surface area contributed by atoms with E-state index in [0.29, 0.717) is 4.47 Å². The number of halogens is 1. The third-order valence-electron chi connectivity index (χ3n) is 1.74. The van der Waals surface area contributed by atoms with E-state index in [9.17, 15) is 8.42 Å². The third-order valence-corrected chi connectivity index (χ3v) is 6.19. The minimum absolute atomic E-state index is 0.164. The molecule has 1 heterocycles. The molecule has 0 aliphatic rings. The molecule has 0 spiro atoms. The summed E-state index contributed by atoms with van der Waals surface area (Å²) >= 11 is 4.25. The number of sulfonamides is 1. The van der Waals surface area contributed by atoms with Crippen LogP contribution in [0.2, 0.25) is 0 Å². The molecule has 0 amide bonds. The lowest BCUT2D eigenvalue weighted by Crippen LogP contribution is -2.35. The second-order valence-electron chi connectivity index (χ2n) is 2.91. The van der Waals surface area contributed by atoms with Crippen LogP contribution in [0.4, 0.5) is 0 Å². The summed E-state index contributed by atoms with van der Waals surface area (Å²) in [5, 5.41) is 12.8. The number of likely N-dealkylation sites (N-methyl/N-ethyl adjacent to an activating group) is 1. The van der Waals surface area contributed by atoms with Crippen LogP contribution < -0.4 is 5.73 Å². The maximum atomic E-state index is 12.0. The van der Waals surface area contributed by atoms with Gasteiger partial charge >= 0.3 is 0 Å². The minimum Gasteiger partial charge on any atom is -0.409 e. The van der Waals surface area contributed by atoms with E-state index < -0.39 is 10.0 Å². The normalized spacial score (nSPS) is 13.3. The molecule has 1 rings (SSSR count). The average Bonchev–Trinajstić information content (AvgIpc) is 2.64. The van der Waals surface area contributed by atoms with Crippen LogP contribution in [-0.2, 0) is 10.0 Å². The summed E-state index contributed by atoms with van der Waals surface area (Å²) in [7, 11) is -2.24. The summed E-state index contributed by atoms with van der Waals surface area (Å²) in [4.78, 5) is 0. The first-order valence-electron chi connectivity index (χ1n) is 4.05. The van der Waals surface area contributed by atoms with Crippen molar-refractivity contribution in [3.05, 3.63) is 15.9 Å². The van der Waals surface area contributed by atoms with Gasteiger partial charge in [0.25, 0.3) is 10.0 Å². The lowest BCUT2D eigenvalue weighted by molar-refractivity contribution is 0.315. The van der Waals surface area contributed by atoms with Gasteiger partial charge in [0, 0.05) is 11.5 Å². The van der Waals surface area contributed by atoms with Gasteiger partial charge in [0.1, 0.15) is 4.21 Å². The number of nitrogens with zero attached hydrogens (tertiary/aromatic N) is 2. The van der Waals surface area contributed by atoms with Crippen LogP contribution in [-0.4, -0.2) is 37.4 Å². The fraction of sp³-hybridized carbons (Fsp3) is 0.286. The van der Waals surface area contributed by atoms with Crippen molar-refractivity contribution in [1.82, 2.24) is 4.31 Å². The summed E-state index contributed by atoms with van der Waals surface area (Å²) < 4.78 is 25.7. The van der Waals surface area contributed by atoms with Crippen molar-refractivity contribution in [1.29, 1.82) is 0 Å². The van der Waals surface area contributed by atoms with Crippen molar-refractivity contribution in [3.63, 3.8) is 0 Å². The fourth-order valence-electron chi connectivity index (χ4n) is 0.950. The highest BCUT2D eigenvalue weighted by molar-refractivity contribution is 9.10. The van der Waals surface area contributed by atoms with Crippen LogP contribution in [0.5, 0.6) is 0 Å². The molecule has 0 saturated heterocycles.